The van der Waals surface area contributed by atoms with Gasteiger partial charge in [0.05, 0.1) is 6.20 Å². The highest BCUT2D eigenvalue weighted by Crippen LogP contribution is 2.40. The fraction of sp³-hybridized carbons (Fsp3) is 0.105. The minimum absolute atomic E-state index is 0.458. The molecule has 4 heteroatoms. The van der Waals surface area contributed by atoms with E-state index in [1.54, 1.807) is 0 Å². The SMILES string of the molecule is O[C@@]1(c2ccc(Cl)cc2)C[n+]2ccccc2N1c1ccccc1. The van der Waals surface area contributed by atoms with Crippen molar-refractivity contribution in [1.82, 2.24) is 0 Å². The van der Waals surface area contributed by atoms with E-state index in [1.165, 1.54) is 0 Å². The van der Waals surface area contributed by atoms with Gasteiger partial charge in [0, 0.05) is 16.7 Å². The first-order valence-corrected chi connectivity index (χ1v) is 7.88. The molecule has 4 rings (SSSR count). The summed E-state index contributed by atoms with van der Waals surface area (Å²) in [6.07, 6.45) is 1.99. The van der Waals surface area contributed by atoms with Crippen LogP contribution in [-0.2, 0) is 12.3 Å². The Bertz CT molecular complexity index is 836. The summed E-state index contributed by atoms with van der Waals surface area (Å²) in [6.45, 7) is 0.458. The third kappa shape index (κ3) is 2.29. The first-order valence-electron chi connectivity index (χ1n) is 7.51. The molecule has 114 valence electrons. The van der Waals surface area contributed by atoms with Crippen LogP contribution in [0.5, 0.6) is 0 Å². The minimum atomic E-state index is -1.15. The predicted molar refractivity (Wildman–Crippen MR) is 90.6 cm³/mol. The number of rotatable bonds is 2. The molecule has 2 aromatic carbocycles. The number of para-hydroxylation sites is 1. The lowest BCUT2D eigenvalue weighted by Gasteiger charge is -2.27. The molecule has 2 heterocycles. The fourth-order valence-corrected chi connectivity index (χ4v) is 3.29. The van der Waals surface area contributed by atoms with E-state index in [4.69, 9.17) is 11.6 Å². The van der Waals surface area contributed by atoms with Gasteiger partial charge in [-0.15, -0.1) is 0 Å². The van der Waals surface area contributed by atoms with E-state index in [-0.39, 0.29) is 0 Å². The number of anilines is 2. The second-order valence-electron chi connectivity index (χ2n) is 5.68. The second kappa shape index (κ2) is 5.37. The second-order valence-corrected chi connectivity index (χ2v) is 6.12. The van der Waals surface area contributed by atoms with Crippen molar-refractivity contribution in [3.05, 3.63) is 89.6 Å². The van der Waals surface area contributed by atoms with Gasteiger partial charge in [-0.1, -0.05) is 48.0 Å². The molecule has 0 saturated carbocycles. The highest BCUT2D eigenvalue weighted by Gasteiger charge is 2.52. The number of pyridine rings is 1. The van der Waals surface area contributed by atoms with Crippen molar-refractivity contribution in [2.24, 2.45) is 0 Å². The molecule has 23 heavy (non-hydrogen) atoms. The Morgan fingerprint density at radius 1 is 0.913 bits per heavy atom. The molecule has 3 nitrogen and oxygen atoms in total. The normalized spacial score (nSPS) is 19.7. The standard InChI is InChI=1S/C19H16ClN2O/c20-16-11-9-15(10-12-16)19(23)14-21-13-5-4-8-18(21)22(19)17-6-2-1-3-7-17/h1-13,23H,14H2/q+1/t19-/m1/s1. The first kappa shape index (κ1) is 14.2. The van der Waals surface area contributed by atoms with Crippen molar-refractivity contribution < 1.29 is 9.67 Å². The summed E-state index contributed by atoms with van der Waals surface area (Å²) in [5.74, 6) is 0.955. The molecule has 0 spiro atoms. The number of hydrogen-bond acceptors (Lipinski definition) is 2. The third-order valence-corrected chi connectivity index (χ3v) is 4.48. The zero-order valence-corrected chi connectivity index (χ0v) is 13.2. The highest BCUT2D eigenvalue weighted by molar-refractivity contribution is 6.30. The van der Waals surface area contributed by atoms with Crippen molar-refractivity contribution >= 4 is 23.1 Å². The Kier molecular flexibility index (Phi) is 3.33. The Labute approximate surface area is 140 Å². The third-order valence-electron chi connectivity index (χ3n) is 4.23. The van der Waals surface area contributed by atoms with E-state index in [2.05, 4.69) is 4.57 Å². The molecular weight excluding hydrogens is 308 g/mol. The molecule has 1 N–H and O–H groups in total. The van der Waals surface area contributed by atoms with E-state index >= 15 is 0 Å². The van der Waals surface area contributed by atoms with Crippen LogP contribution in [0.25, 0.3) is 0 Å². The first-order chi connectivity index (χ1) is 11.2. The number of nitrogens with zero attached hydrogens (tertiary/aromatic N) is 2. The lowest BCUT2D eigenvalue weighted by molar-refractivity contribution is -0.683. The maximum Gasteiger partial charge on any atom is 0.284 e. The molecule has 0 amide bonds. The Morgan fingerprint density at radius 3 is 2.35 bits per heavy atom. The summed E-state index contributed by atoms with van der Waals surface area (Å²) in [5.41, 5.74) is 0.608. The molecule has 0 aliphatic carbocycles. The summed E-state index contributed by atoms with van der Waals surface area (Å²) in [6, 6.07) is 23.3. The number of aliphatic hydroxyl groups is 1. The van der Waals surface area contributed by atoms with E-state index < -0.39 is 5.72 Å². The molecule has 3 aromatic rings. The van der Waals surface area contributed by atoms with Gasteiger partial charge in [0.2, 0.25) is 0 Å². The van der Waals surface area contributed by atoms with Gasteiger partial charge < -0.3 is 5.11 Å². The summed E-state index contributed by atoms with van der Waals surface area (Å²) >= 11 is 6.01. The van der Waals surface area contributed by atoms with Crippen molar-refractivity contribution in [3.63, 3.8) is 0 Å². The Balaban J connectivity index is 1.91. The molecule has 1 atom stereocenters. The van der Waals surface area contributed by atoms with Gasteiger partial charge in [0.25, 0.3) is 11.5 Å². The van der Waals surface area contributed by atoms with Crippen LogP contribution in [0.4, 0.5) is 11.5 Å². The van der Waals surface area contributed by atoms with Gasteiger partial charge in [-0.25, -0.2) is 4.57 Å². The average Bonchev–Trinajstić information content (AvgIpc) is 2.89. The smallest absolute Gasteiger partial charge is 0.284 e. The largest absolute Gasteiger partial charge is 0.346 e. The molecular formula is C19H16ClN2O+. The van der Waals surface area contributed by atoms with E-state index in [0.717, 1.165) is 17.1 Å². The molecule has 0 unspecified atom stereocenters. The lowest BCUT2D eigenvalue weighted by atomic mass is 10.0. The molecule has 0 saturated heterocycles. The molecule has 1 aliphatic rings. The zero-order valence-electron chi connectivity index (χ0n) is 12.4. The fourth-order valence-electron chi connectivity index (χ4n) is 3.16. The van der Waals surface area contributed by atoms with Crippen LogP contribution in [0, 0.1) is 0 Å². The summed E-state index contributed by atoms with van der Waals surface area (Å²) in [4.78, 5) is 1.97. The van der Waals surface area contributed by atoms with Gasteiger partial charge >= 0.3 is 0 Å². The summed E-state index contributed by atoms with van der Waals surface area (Å²) in [7, 11) is 0. The van der Waals surface area contributed by atoms with Crippen molar-refractivity contribution in [1.29, 1.82) is 0 Å². The molecule has 1 aliphatic heterocycles. The average molecular weight is 324 g/mol. The van der Waals surface area contributed by atoms with Gasteiger partial charge in [0.15, 0.2) is 6.54 Å². The van der Waals surface area contributed by atoms with Crippen LogP contribution < -0.4 is 9.47 Å². The Morgan fingerprint density at radius 2 is 1.61 bits per heavy atom. The topological polar surface area (TPSA) is 27.4 Å². The maximum atomic E-state index is 11.6. The van der Waals surface area contributed by atoms with E-state index in [1.807, 2.05) is 83.9 Å². The van der Waals surface area contributed by atoms with Gasteiger partial charge in [-0.05, 0) is 30.3 Å². The van der Waals surface area contributed by atoms with Crippen LogP contribution >= 0.6 is 11.6 Å². The lowest BCUT2D eigenvalue weighted by Crippen LogP contribution is -2.43. The number of halogens is 1. The maximum absolute atomic E-state index is 11.6. The van der Waals surface area contributed by atoms with Crippen LogP contribution in [0.2, 0.25) is 5.02 Å². The number of hydrogen-bond donors (Lipinski definition) is 1. The van der Waals surface area contributed by atoms with Crippen LogP contribution in [-0.4, -0.2) is 5.11 Å². The predicted octanol–water partition coefficient (Wildman–Crippen LogP) is 3.62. The molecule has 0 bridgehead atoms. The van der Waals surface area contributed by atoms with Crippen LogP contribution in [0.15, 0.2) is 79.0 Å². The molecule has 0 radical (unpaired) electrons. The number of fused-ring (bicyclic) bond motifs is 1. The van der Waals surface area contributed by atoms with Crippen molar-refractivity contribution in [3.8, 4) is 0 Å². The monoisotopic (exact) mass is 323 g/mol. The molecule has 0 fully saturated rings. The molecule has 1 aromatic heterocycles. The highest BCUT2D eigenvalue weighted by atomic mass is 35.5. The van der Waals surface area contributed by atoms with E-state index in [9.17, 15) is 5.11 Å². The van der Waals surface area contributed by atoms with Gasteiger partial charge in [-0.2, -0.15) is 4.90 Å². The van der Waals surface area contributed by atoms with Gasteiger partial charge in [0.1, 0.15) is 5.69 Å². The van der Waals surface area contributed by atoms with Gasteiger partial charge in [-0.3, -0.25) is 0 Å². The summed E-state index contributed by atoms with van der Waals surface area (Å²) < 4.78 is 2.06. The zero-order chi connectivity index (χ0) is 15.9. The van der Waals surface area contributed by atoms with Crippen LogP contribution in [0.1, 0.15) is 5.56 Å². The number of aromatic nitrogens is 1. The summed E-state index contributed by atoms with van der Waals surface area (Å²) in [5, 5.41) is 12.2. The van der Waals surface area contributed by atoms with Crippen molar-refractivity contribution in [2.75, 3.05) is 4.90 Å². The van der Waals surface area contributed by atoms with Crippen molar-refractivity contribution in [2.45, 2.75) is 12.3 Å². The quantitative estimate of drug-likeness (QED) is 0.729. The van der Waals surface area contributed by atoms with E-state index in [0.29, 0.717) is 11.6 Å². The minimum Gasteiger partial charge on any atom is -0.346 e. The van der Waals surface area contributed by atoms with Crippen LogP contribution in [0.3, 0.4) is 0 Å². The number of benzene rings is 2. The Hall–Kier alpha value is -2.36.